The summed E-state index contributed by atoms with van der Waals surface area (Å²) in [6.07, 6.45) is 1.54. The molecule has 1 N–H and O–H groups in total. The van der Waals surface area contributed by atoms with E-state index in [1.54, 1.807) is 12.3 Å². The van der Waals surface area contributed by atoms with Crippen molar-refractivity contribution in [3.05, 3.63) is 52.0 Å². The monoisotopic (exact) mass is 298 g/mol. The Balaban J connectivity index is 2.22. The second-order valence-electron chi connectivity index (χ2n) is 3.48. The molecule has 17 heavy (non-hydrogen) atoms. The molecule has 0 aliphatic rings. The van der Waals surface area contributed by atoms with Crippen LogP contribution in [0.15, 0.2) is 34.9 Å². The first-order valence-corrected chi connectivity index (χ1v) is 5.55. The van der Waals surface area contributed by atoms with E-state index in [0.717, 1.165) is 0 Å². The van der Waals surface area contributed by atoms with E-state index in [9.17, 15) is 9.18 Å². The van der Waals surface area contributed by atoms with Crippen LogP contribution >= 0.6 is 15.9 Å². The Morgan fingerprint density at radius 2 is 2.24 bits per heavy atom. The molecule has 0 spiro atoms. The molecule has 0 bridgehead atoms. The van der Waals surface area contributed by atoms with Gasteiger partial charge in [-0.2, -0.15) is 5.10 Å². The van der Waals surface area contributed by atoms with Crippen LogP contribution in [0.2, 0.25) is 0 Å². The Labute approximate surface area is 105 Å². The average Bonchev–Trinajstić information content (AvgIpc) is 2.64. The molecule has 0 fully saturated rings. The van der Waals surface area contributed by atoms with Crippen LogP contribution in [0, 0.1) is 5.82 Å². The van der Waals surface area contributed by atoms with E-state index in [1.165, 1.54) is 22.9 Å². The molecule has 2 rings (SSSR count). The number of hydrogen-bond acceptors (Lipinski definition) is 2. The van der Waals surface area contributed by atoms with E-state index in [0.29, 0.717) is 16.6 Å². The van der Waals surface area contributed by atoms with Crippen molar-refractivity contribution in [1.82, 2.24) is 9.78 Å². The summed E-state index contributed by atoms with van der Waals surface area (Å²) in [7, 11) is 0. The van der Waals surface area contributed by atoms with Crippen LogP contribution in [-0.4, -0.2) is 20.9 Å². The third-order valence-electron chi connectivity index (χ3n) is 2.13. The number of carboxylic acid groups (broad SMARTS) is 1. The molecule has 2 aromatic rings. The van der Waals surface area contributed by atoms with Gasteiger partial charge in [-0.05, 0) is 29.8 Å². The topological polar surface area (TPSA) is 55.1 Å². The Hall–Kier alpha value is -1.69. The SMILES string of the molecule is O=C(O)c1ccn(Cc2cc(F)cc(Br)c2)n1. The number of hydrogen-bond donors (Lipinski definition) is 1. The normalized spacial score (nSPS) is 10.5. The lowest BCUT2D eigenvalue weighted by Gasteiger charge is -2.03. The van der Waals surface area contributed by atoms with Crippen molar-refractivity contribution < 1.29 is 14.3 Å². The number of carboxylic acids is 1. The van der Waals surface area contributed by atoms with Gasteiger partial charge in [0.05, 0.1) is 6.54 Å². The Bertz CT molecular complexity index is 548. The zero-order valence-corrected chi connectivity index (χ0v) is 10.2. The van der Waals surface area contributed by atoms with Crippen molar-refractivity contribution in [2.24, 2.45) is 0 Å². The number of aromatic nitrogens is 2. The maximum atomic E-state index is 13.1. The van der Waals surface area contributed by atoms with E-state index in [2.05, 4.69) is 21.0 Å². The predicted molar refractivity (Wildman–Crippen MR) is 62.4 cm³/mol. The Morgan fingerprint density at radius 1 is 1.47 bits per heavy atom. The van der Waals surface area contributed by atoms with Crippen molar-refractivity contribution >= 4 is 21.9 Å². The number of halogens is 2. The van der Waals surface area contributed by atoms with Crippen LogP contribution in [0.1, 0.15) is 16.1 Å². The number of carbonyl (C=O) groups is 1. The molecule has 0 saturated carbocycles. The van der Waals surface area contributed by atoms with Crippen molar-refractivity contribution in [2.75, 3.05) is 0 Å². The summed E-state index contributed by atoms with van der Waals surface area (Å²) in [6.45, 7) is 0.323. The fraction of sp³-hybridized carbons (Fsp3) is 0.0909. The lowest BCUT2D eigenvalue weighted by Crippen LogP contribution is -2.04. The fourth-order valence-corrected chi connectivity index (χ4v) is 1.97. The van der Waals surface area contributed by atoms with Gasteiger partial charge in [0.2, 0.25) is 0 Å². The summed E-state index contributed by atoms with van der Waals surface area (Å²) in [5.41, 5.74) is 0.678. The van der Waals surface area contributed by atoms with E-state index in [1.807, 2.05) is 0 Å². The van der Waals surface area contributed by atoms with Gasteiger partial charge in [0.25, 0.3) is 0 Å². The number of benzene rings is 1. The Morgan fingerprint density at radius 3 is 2.82 bits per heavy atom. The van der Waals surface area contributed by atoms with Crippen LogP contribution in [-0.2, 0) is 6.54 Å². The van der Waals surface area contributed by atoms with E-state index in [-0.39, 0.29) is 11.5 Å². The van der Waals surface area contributed by atoms with Crippen LogP contribution in [0.3, 0.4) is 0 Å². The molecule has 0 radical (unpaired) electrons. The summed E-state index contributed by atoms with van der Waals surface area (Å²) in [4.78, 5) is 10.6. The standard InChI is InChI=1S/C11H8BrFN2O2/c12-8-3-7(4-9(13)5-8)6-15-2-1-10(14-15)11(16)17/h1-5H,6H2,(H,16,17). The zero-order chi connectivity index (χ0) is 12.4. The molecule has 1 aromatic heterocycles. The van der Waals surface area contributed by atoms with Gasteiger partial charge in [-0.25, -0.2) is 9.18 Å². The number of nitrogens with zero attached hydrogens (tertiary/aromatic N) is 2. The first-order chi connectivity index (χ1) is 8.04. The Kier molecular flexibility index (Phi) is 3.23. The molecule has 0 atom stereocenters. The summed E-state index contributed by atoms with van der Waals surface area (Å²) >= 11 is 3.19. The number of aromatic carboxylic acids is 1. The first-order valence-electron chi connectivity index (χ1n) is 4.76. The minimum absolute atomic E-state index is 0.0273. The fourth-order valence-electron chi connectivity index (χ4n) is 1.45. The quantitative estimate of drug-likeness (QED) is 0.947. The van der Waals surface area contributed by atoms with Gasteiger partial charge in [0.15, 0.2) is 5.69 Å². The lowest BCUT2D eigenvalue weighted by molar-refractivity contribution is 0.0689. The summed E-state index contributed by atoms with van der Waals surface area (Å²) in [5, 5.41) is 12.6. The van der Waals surface area contributed by atoms with Gasteiger partial charge in [-0.1, -0.05) is 15.9 Å². The molecular formula is C11H8BrFN2O2. The third-order valence-corrected chi connectivity index (χ3v) is 2.58. The van der Waals surface area contributed by atoms with Gasteiger partial charge in [-0.3, -0.25) is 4.68 Å². The molecule has 1 heterocycles. The highest BCUT2D eigenvalue weighted by atomic mass is 79.9. The van der Waals surface area contributed by atoms with Crippen LogP contribution in [0.5, 0.6) is 0 Å². The molecule has 0 amide bonds. The summed E-state index contributed by atoms with van der Waals surface area (Å²) in [6, 6.07) is 5.89. The van der Waals surface area contributed by atoms with Gasteiger partial charge < -0.3 is 5.11 Å². The highest BCUT2D eigenvalue weighted by Gasteiger charge is 2.07. The van der Waals surface area contributed by atoms with Gasteiger partial charge >= 0.3 is 5.97 Å². The van der Waals surface area contributed by atoms with Crippen molar-refractivity contribution in [3.8, 4) is 0 Å². The second kappa shape index (κ2) is 4.67. The predicted octanol–water partition coefficient (Wildman–Crippen LogP) is 2.53. The molecule has 0 unspecified atom stereocenters. The lowest BCUT2D eigenvalue weighted by atomic mass is 10.2. The van der Waals surface area contributed by atoms with Gasteiger partial charge in [0, 0.05) is 10.7 Å². The summed E-state index contributed by atoms with van der Waals surface area (Å²) in [5.74, 6) is -1.43. The van der Waals surface area contributed by atoms with Gasteiger partial charge in [0.1, 0.15) is 5.82 Å². The minimum atomic E-state index is -1.08. The molecular weight excluding hydrogens is 291 g/mol. The van der Waals surface area contributed by atoms with Gasteiger partial charge in [-0.15, -0.1) is 0 Å². The van der Waals surface area contributed by atoms with Crippen LogP contribution in [0.25, 0.3) is 0 Å². The molecule has 0 saturated heterocycles. The largest absolute Gasteiger partial charge is 0.476 e. The van der Waals surface area contributed by atoms with Crippen molar-refractivity contribution in [3.63, 3.8) is 0 Å². The molecule has 1 aromatic carbocycles. The average molecular weight is 299 g/mol. The van der Waals surface area contributed by atoms with Crippen molar-refractivity contribution in [1.29, 1.82) is 0 Å². The van der Waals surface area contributed by atoms with E-state index >= 15 is 0 Å². The highest BCUT2D eigenvalue weighted by Crippen LogP contribution is 2.15. The molecule has 0 aliphatic heterocycles. The third kappa shape index (κ3) is 2.91. The summed E-state index contributed by atoms with van der Waals surface area (Å²) < 4.78 is 15.2. The number of rotatable bonds is 3. The molecule has 4 nitrogen and oxygen atoms in total. The highest BCUT2D eigenvalue weighted by molar-refractivity contribution is 9.10. The first kappa shape index (κ1) is 11.8. The van der Waals surface area contributed by atoms with Crippen LogP contribution < -0.4 is 0 Å². The molecule has 6 heteroatoms. The zero-order valence-electron chi connectivity index (χ0n) is 8.60. The van der Waals surface area contributed by atoms with E-state index in [4.69, 9.17) is 5.11 Å². The maximum Gasteiger partial charge on any atom is 0.356 e. The minimum Gasteiger partial charge on any atom is -0.476 e. The molecule has 0 aliphatic carbocycles. The molecule has 88 valence electrons. The van der Waals surface area contributed by atoms with E-state index < -0.39 is 5.97 Å². The smallest absolute Gasteiger partial charge is 0.356 e. The second-order valence-corrected chi connectivity index (χ2v) is 4.40. The maximum absolute atomic E-state index is 13.1. The van der Waals surface area contributed by atoms with Crippen LogP contribution in [0.4, 0.5) is 4.39 Å². The van der Waals surface area contributed by atoms with Crippen molar-refractivity contribution in [2.45, 2.75) is 6.54 Å².